The Morgan fingerprint density at radius 1 is 0.857 bits per heavy atom. The minimum atomic E-state index is -0.103. The molecule has 0 amide bonds. The first-order valence-corrected chi connectivity index (χ1v) is 7.13. The lowest BCUT2D eigenvalue weighted by Gasteiger charge is -2.03. The van der Waals surface area contributed by atoms with E-state index < -0.39 is 0 Å². The highest BCUT2D eigenvalue weighted by molar-refractivity contribution is 9.09. The lowest BCUT2D eigenvalue weighted by atomic mass is 10.1. The van der Waals surface area contributed by atoms with Crippen LogP contribution in [0.15, 0.2) is 0 Å². The van der Waals surface area contributed by atoms with Gasteiger partial charge in [0.1, 0.15) is 0 Å². The zero-order valence-corrected chi connectivity index (χ0v) is 11.1. The van der Waals surface area contributed by atoms with Gasteiger partial charge >= 0.3 is 0 Å². The maximum Gasteiger partial charge on any atom is 0.0512 e. The van der Waals surface area contributed by atoms with Gasteiger partial charge in [-0.1, -0.05) is 60.9 Å². The first kappa shape index (κ1) is 14.4. The van der Waals surface area contributed by atoms with Gasteiger partial charge in [0, 0.05) is 5.33 Å². The van der Waals surface area contributed by atoms with E-state index >= 15 is 0 Å². The highest BCUT2D eigenvalue weighted by atomic mass is 79.9. The standard InChI is InChI=1S/C12H25BrO/c1-12(14)10-8-6-4-2-3-5-7-9-11-13/h12,14H,2-11H2,1H3. The van der Waals surface area contributed by atoms with Crippen molar-refractivity contribution in [2.45, 2.75) is 70.8 Å². The molecule has 0 rings (SSSR count). The molecule has 0 aliphatic carbocycles. The van der Waals surface area contributed by atoms with E-state index in [4.69, 9.17) is 5.11 Å². The van der Waals surface area contributed by atoms with Crippen LogP contribution in [0.2, 0.25) is 0 Å². The third kappa shape index (κ3) is 12.4. The molecule has 0 heterocycles. The maximum absolute atomic E-state index is 9.05. The molecule has 0 radical (unpaired) electrons. The van der Waals surface area contributed by atoms with E-state index in [0.717, 1.165) is 11.8 Å². The van der Waals surface area contributed by atoms with Gasteiger partial charge in [-0.05, 0) is 19.8 Å². The number of rotatable bonds is 10. The fourth-order valence-corrected chi connectivity index (χ4v) is 1.99. The summed E-state index contributed by atoms with van der Waals surface area (Å²) in [6.07, 6.45) is 11.6. The number of alkyl halides is 1. The van der Waals surface area contributed by atoms with E-state index in [-0.39, 0.29) is 6.10 Å². The predicted molar refractivity (Wildman–Crippen MR) is 67.0 cm³/mol. The Hall–Kier alpha value is 0.440. The summed E-state index contributed by atoms with van der Waals surface area (Å²) in [6.45, 7) is 1.88. The summed E-state index contributed by atoms with van der Waals surface area (Å²) in [7, 11) is 0. The highest BCUT2D eigenvalue weighted by Gasteiger charge is 1.95. The molecule has 0 saturated carbocycles. The van der Waals surface area contributed by atoms with Crippen molar-refractivity contribution in [1.82, 2.24) is 0 Å². The molecule has 86 valence electrons. The largest absolute Gasteiger partial charge is 0.393 e. The Morgan fingerprint density at radius 3 is 1.71 bits per heavy atom. The van der Waals surface area contributed by atoms with Crippen LogP contribution in [0.4, 0.5) is 0 Å². The third-order valence-corrected chi connectivity index (χ3v) is 3.07. The van der Waals surface area contributed by atoms with E-state index in [1.807, 2.05) is 6.92 Å². The van der Waals surface area contributed by atoms with Crippen LogP contribution in [0.1, 0.15) is 64.7 Å². The van der Waals surface area contributed by atoms with Crippen LogP contribution in [0.3, 0.4) is 0 Å². The SMILES string of the molecule is CC(O)CCCCCCCCCCBr. The average molecular weight is 265 g/mol. The molecule has 0 spiro atoms. The van der Waals surface area contributed by atoms with E-state index in [0.29, 0.717) is 0 Å². The summed E-state index contributed by atoms with van der Waals surface area (Å²) in [5.41, 5.74) is 0. The van der Waals surface area contributed by atoms with Crippen molar-refractivity contribution in [2.75, 3.05) is 5.33 Å². The fourth-order valence-electron chi connectivity index (χ4n) is 1.59. The van der Waals surface area contributed by atoms with Crippen LogP contribution in [0, 0.1) is 0 Å². The smallest absolute Gasteiger partial charge is 0.0512 e. The number of aliphatic hydroxyl groups excluding tert-OH is 1. The normalized spacial score (nSPS) is 13.1. The molecular formula is C12H25BrO. The molecule has 0 aromatic rings. The van der Waals surface area contributed by atoms with E-state index in [1.165, 1.54) is 51.4 Å². The second kappa shape index (κ2) is 11.5. The molecule has 0 aromatic carbocycles. The highest BCUT2D eigenvalue weighted by Crippen LogP contribution is 2.10. The minimum absolute atomic E-state index is 0.103. The number of halogens is 1. The van der Waals surface area contributed by atoms with Crippen molar-refractivity contribution < 1.29 is 5.11 Å². The number of unbranched alkanes of at least 4 members (excludes halogenated alkanes) is 7. The molecule has 0 fully saturated rings. The van der Waals surface area contributed by atoms with E-state index in [2.05, 4.69) is 15.9 Å². The predicted octanol–water partition coefficient (Wildman–Crippen LogP) is 4.27. The van der Waals surface area contributed by atoms with Gasteiger partial charge in [0.15, 0.2) is 0 Å². The van der Waals surface area contributed by atoms with Crippen LogP contribution < -0.4 is 0 Å². The first-order chi connectivity index (χ1) is 6.77. The van der Waals surface area contributed by atoms with Crippen LogP contribution in [0.5, 0.6) is 0 Å². The van der Waals surface area contributed by atoms with Crippen molar-refractivity contribution in [3.05, 3.63) is 0 Å². The fraction of sp³-hybridized carbons (Fsp3) is 1.00. The van der Waals surface area contributed by atoms with Gasteiger partial charge in [-0.2, -0.15) is 0 Å². The summed E-state index contributed by atoms with van der Waals surface area (Å²) < 4.78 is 0. The van der Waals surface area contributed by atoms with Gasteiger partial charge in [0.25, 0.3) is 0 Å². The molecule has 0 aliphatic heterocycles. The second-order valence-corrected chi connectivity index (χ2v) is 4.95. The molecular weight excluding hydrogens is 240 g/mol. The number of hydrogen-bond acceptors (Lipinski definition) is 1. The Labute approximate surface area is 97.4 Å². The molecule has 2 heteroatoms. The number of hydrogen-bond donors (Lipinski definition) is 1. The van der Waals surface area contributed by atoms with Gasteiger partial charge in [0.2, 0.25) is 0 Å². The third-order valence-electron chi connectivity index (χ3n) is 2.51. The summed E-state index contributed by atoms with van der Waals surface area (Å²) in [4.78, 5) is 0. The Balaban J connectivity index is 2.85. The summed E-state index contributed by atoms with van der Waals surface area (Å²) in [5.74, 6) is 0. The molecule has 1 unspecified atom stereocenters. The molecule has 0 bridgehead atoms. The van der Waals surface area contributed by atoms with Crippen molar-refractivity contribution >= 4 is 15.9 Å². The van der Waals surface area contributed by atoms with Crippen molar-refractivity contribution in [3.8, 4) is 0 Å². The maximum atomic E-state index is 9.05. The van der Waals surface area contributed by atoms with Crippen molar-refractivity contribution in [1.29, 1.82) is 0 Å². The van der Waals surface area contributed by atoms with Crippen LogP contribution in [-0.2, 0) is 0 Å². The molecule has 0 aromatic heterocycles. The first-order valence-electron chi connectivity index (χ1n) is 6.01. The average Bonchev–Trinajstić information content (AvgIpc) is 2.15. The lowest BCUT2D eigenvalue weighted by Crippen LogP contribution is -1.98. The van der Waals surface area contributed by atoms with E-state index in [9.17, 15) is 0 Å². The van der Waals surface area contributed by atoms with Gasteiger partial charge in [-0.25, -0.2) is 0 Å². The van der Waals surface area contributed by atoms with Crippen molar-refractivity contribution in [2.24, 2.45) is 0 Å². The Kier molecular flexibility index (Phi) is 11.9. The summed E-state index contributed by atoms with van der Waals surface area (Å²) >= 11 is 3.44. The van der Waals surface area contributed by atoms with Crippen molar-refractivity contribution in [3.63, 3.8) is 0 Å². The second-order valence-electron chi connectivity index (χ2n) is 4.16. The van der Waals surface area contributed by atoms with Gasteiger partial charge in [-0.3, -0.25) is 0 Å². The topological polar surface area (TPSA) is 20.2 Å². The van der Waals surface area contributed by atoms with Gasteiger partial charge in [-0.15, -0.1) is 0 Å². The lowest BCUT2D eigenvalue weighted by molar-refractivity contribution is 0.180. The molecule has 14 heavy (non-hydrogen) atoms. The molecule has 1 atom stereocenters. The molecule has 0 saturated heterocycles. The van der Waals surface area contributed by atoms with Crippen LogP contribution in [-0.4, -0.2) is 16.5 Å². The minimum Gasteiger partial charge on any atom is -0.393 e. The molecule has 1 N–H and O–H groups in total. The van der Waals surface area contributed by atoms with Crippen LogP contribution in [0.25, 0.3) is 0 Å². The molecule has 0 aliphatic rings. The quantitative estimate of drug-likeness (QED) is 0.462. The molecule has 1 nitrogen and oxygen atoms in total. The monoisotopic (exact) mass is 264 g/mol. The van der Waals surface area contributed by atoms with E-state index in [1.54, 1.807) is 0 Å². The number of aliphatic hydroxyl groups is 1. The Bertz CT molecular complexity index is 104. The summed E-state index contributed by atoms with van der Waals surface area (Å²) in [5, 5.41) is 10.2. The van der Waals surface area contributed by atoms with Gasteiger partial charge in [0.05, 0.1) is 6.10 Å². The van der Waals surface area contributed by atoms with Crippen LogP contribution >= 0.6 is 15.9 Å². The Morgan fingerprint density at radius 2 is 1.29 bits per heavy atom. The zero-order valence-electron chi connectivity index (χ0n) is 9.47. The summed E-state index contributed by atoms with van der Waals surface area (Å²) in [6, 6.07) is 0. The zero-order chi connectivity index (χ0) is 10.6. The van der Waals surface area contributed by atoms with Gasteiger partial charge < -0.3 is 5.11 Å².